The van der Waals surface area contributed by atoms with Crippen LogP contribution in [0.4, 0.5) is 0 Å². The molecule has 4 heterocycles. The topological polar surface area (TPSA) is 41.8 Å². The predicted octanol–water partition coefficient (Wildman–Crippen LogP) is 17.8. The molecule has 0 amide bonds. The Hall–Kier alpha value is -8.31. The molecule has 75 heavy (non-hydrogen) atoms. The number of benzene rings is 9. The number of imidazole rings is 1. The van der Waals surface area contributed by atoms with Crippen molar-refractivity contribution in [1.29, 1.82) is 0 Å². The molecule has 13 rings (SSSR count). The number of para-hydroxylation sites is 5. The molecule has 0 aliphatic heterocycles. The summed E-state index contributed by atoms with van der Waals surface area (Å²) < 4.78 is 107. The minimum atomic E-state index is -0.578. The third kappa shape index (κ3) is 7.90. The van der Waals surface area contributed by atoms with Gasteiger partial charge in [-0.1, -0.05) is 53.7 Å². The van der Waals surface area contributed by atoms with Crippen LogP contribution in [0.3, 0.4) is 0 Å². The van der Waals surface area contributed by atoms with Crippen LogP contribution in [0.2, 0.25) is 0 Å². The standard InChI is InChI=1S/C68H55N5O.Pt/c1-67(2,3)57-42-65(69-43-58(57)68(4,5)6)73-61-33-18-15-30-53(61)54-37-36-50(41-64(54)73)74-49-27-21-26-47(38-49)70-44-71(63-35-20-19-34-62(63)70)66-55(45-22-9-7-10-23-45)39-48(40-56(66)46-24-11-8-12-25-46)72-59-31-16-13-28-51(59)52-29-14-17-32-60(52)72;/h7-43H,1-6H3;/i7D,8D,9D,10D,11D,12D,22D,23D,24D,25D;. The Morgan fingerprint density at radius 1 is 0.427 bits per heavy atom. The van der Waals surface area contributed by atoms with Crippen molar-refractivity contribution >= 4 is 54.6 Å². The van der Waals surface area contributed by atoms with Crippen molar-refractivity contribution in [3.63, 3.8) is 0 Å². The van der Waals surface area contributed by atoms with E-state index in [2.05, 4.69) is 89.7 Å². The van der Waals surface area contributed by atoms with E-state index in [1.54, 1.807) is 12.1 Å². The van der Waals surface area contributed by atoms with Gasteiger partial charge >= 0.3 is 382 Å². The molecule has 0 aliphatic carbocycles. The normalized spacial score (nSPS) is 14.1. The number of rotatable bonds is 8. The molecule has 0 atom stereocenters. The Morgan fingerprint density at radius 2 is 0.920 bits per heavy atom. The zero-order chi connectivity index (χ0) is 59.9. The van der Waals surface area contributed by atoms with Gasteiger partial charge in [0.2, 0.25) is 0 Å². The Kier molecular flexibility index (Phi) is 8.76. The van der Waals surface area contributed by atoms with Gasteiger partial charge < -0.3 is 0 Å². The summed E-state index contributed by atoms with van der Waals surface area (Å²) in [6.07, 6.45) is 2.02. The van der Waals surface area contributed by atoms with Crippen LogP contribution in [0.1, 0.15) is 66.4 Å². The molecular weight excluding hydrogens is 1100 g/mol. The van der Waals surface area contributed by atoms with Crippen LogP contribution in [0, 0.1) is 3.80 Å². The van der Waals surface area contributed by atoms with Gasteiger partial charge in [0.05, 0.1) is 0 Å². The summed E-state index contributed by atoms with van der Waals surface area (Å²) in [4.78, 5) is 5.13. The van der Waals surface area contributed by atoms with Crippen molar-refractivity contribution in [2.24, 2.45) is 0 Å². The molecule has 368 valence electrons. The van der Waals surface area contributed by atoms with Gasteiger partial charge in [0.15, 0.2) is 0 Å². The fraction of sp³-hybridized carbons (Fsp3) is 0.118. The quantitative estimate of drug-likeness (QED) is 0.152. The molecule has 0 saturated carbocycles. The van der Waals surface area contributed by atoms with E-state index < -0.39 is 60.4 Å². The monoisotopic (exact) mass is 1160 g/mol. The van der Waals surface area contributed by atoms with Crippen LogP contribution in [0.15, 0.2) is 224 Å². The molecule has 13 aromatic rings. The van der Waals surface area contributed by atoms with Crippen LogP contribution >= 0.6 is 0 Å². The Labute approximate surface area is 461 Å². The van der Waals surface area contributed by atoms with E-state index in [9.17, 15) is 5.48 Å². The molecule has 0 spiro atoms. The summed E-state index contributed by atoms with van der Waals surface area (Å²) in [5.74, 6) is 1.92. The summed E-state index contributed by atoms with van der Waals surface area (Å²) in [5.41, 5.74) is 8.34. The number of pyridine rings is 1. The van der Waals surface area contributed by atoms with Gasteiger partial charge in [-0.2, -0.15) is 0 Å². The number of nitrogens with zero attached hydrogens (tertiary/aromatic N) is 5. The number of hydrogen-bond donors (Lipinski definition) is 0. The summed E-state index contributed by atoms with van der Waals surface area (Å²) in [5, 5.41) is 3.97. The van der Waals surface area contributed by atoms with Crippen molar-refractivity contribution in [2.75, 3.05) is 0 Å². The zero-order valence-electron chi connectivity index (χ0n) is 52.0. The molecule has 7 heteroatoms. The zero-order valence-corrected chi connectivity index (χ0v) is 44.3. The van der Waals surface area contributed by atoms with Gasteiger partial charge in [-0.05, 0) is 22.0 Å². The molecule has 0 aliphatic rings. The van der Waals surface area contributed by atoms with Crippen LogP contribution < -0.4 is 4.74 Å². The number of fused-ring (bicyclic) bond motifs is 7. The second-order valence-electron chi connectivity index (χ2n) is 20.9. The molecule has 4 aromatic heterocycles. The van der Waals surface area contributed by atoms with Crippen LogP contribution in [0.25, 0.3) is 99.8 Å². The summed E-state index contributed by atoms with van der Waals surface area (Å²) in [7, 11) is 0. The van der Waals surface area contributed by atoms with Gasteiger partial charge in [-0.25, -0.2) is 0 Å². The molecule has 0 bridgehead atoms. The van der Waals surface area contributed by atoms with E-state index in [0.717, 1.165) is 49.4 Å². The van der Waals surface area contributed by atoms with E-state index in [1.165, 1.54) is 11.1 Å². The summed E-state index contributed by atoms with van der Waals surface area (Å²) in [6, 6.07) is 45.8. The first-order chi connectivity index (χ1) is 40.5. The Bertz CT molecular complexity index is 4860. The van der Waals surface area contributed by atoms with Crippen LogP contribution in [0.5, 0.6) is 11.5 Å². The third-order valence-electron chi connectivity index (χ3n) is 14.1. The van der Waals surface area contributed by atoms with Gasteiger partial charge in [-0.3, -0.25) is 0 Å². The Morgan fingerprint density at radius 3 is 1.48 bits per heavy atom. The fourth-order valence-corrected chi connectivity index (χ4v) is 11.9. The molecule has 0 fully saturated rings. The van der Waals surface area contributed by atoms with Gasteiger partial charge in [0.25, 0.3) is 0 Å². The molecule has 9 aromatic carbocycles. The molecular formula is C68H55N5OPt. The van der Waals surface area contributed by atoms with Gasteiger partial charge in [-0.15, -0.1) is 0 Å². The van der Waals surface area contributed by atoms with Crippen molar-refractivity contribution in [2.45, 2.75) is 52.4 Å². The summed E-state index contributed by atoms with van der Waals surface area (Å²) >= 11 is 2.21. The Balaban J connectivity index is 1.05. The van der Waals surface area contributed by atoms with Crippen LogP contribution in [-0.4, -0.2) is 23.3 Å². The first kappa shape index (κ1) is 36.6. The average molecular weight is 1160 g/mol. The first-order valence-electron chi connectivity index (χ1n) is 29.9. The molecule has 0 unspecified atom stereocenters. The van der Waals surface area contributed by atoms with Gasteiger partial charge in [0.1, 0.15) is 0 Å². The predicted molar refractivity (Wildman–Crippen MR) is 307 cm³/mol. The van der Waals surface area contributed by atoms with E-state index in [4.69, 9.17) is 17.9 Å². The van der Waals surface area contributed by atoms with Crippen molar-refractivity contribution in [3.05, 3.63) is 239 Å². The van der Waals surface area contributed by atoms with Crippen molar-refractivity contribution in [3.8, 4) is 56.6 Å². The van der Waals surface area contributed by atoms with Crippen molar-refractivity contribution < 1.29 is 37.8 Å². The number of aromatic nitrogens is 5. The maximum atomic E-state index is 9.58. The number of ether oxygens (including phenoxy) is 1. The fourth-order valence-electron chi connectivity index (χ4n) is 10.8. The maximum absolute atomic E-state index is 9.58. The van der Waals surface area contributed by atoms with Crippen LogP contribution in [-0.2, 0) is 30.2 Å². The second-order valence-corrected chi connectivity index (χ2v) is 21.9. The molecule has 0 saturated heterocycles. The van der Waals surface area contributed by atoms with E-state index in [0.29, 0.717) is 37.7 Å². The third-order valence-corrected chi connectivity index (χ3v) is 15.1. The van der Waals surface area contributed by atoms with Crippen molar-refractivity contribution in [1.82, 2.24) is 23.3 Å². The molecule has 6 nitrogen and oxygen atoms in total. The first-order valence-corrected chi connectivity index (χ1v) is 26.0. The summed E-state index contributed by atoms with van der Waals surface area (Å²) in [6.45, 7) is 13.4. The minimum absolute atomic E-state index is 0.120. The SMILES string of the molecule is [2H]c1c([2H])c([2H])c(-c2cc(-n3c4ccccc4c4ccccc43)cc(-c3c([2H])c([2H])c([2H])c([2H])c3[2H])c2-n2[c](=[Pt])n(-c3cccc(Oc4ccc5c6ccccc6n(-c6cc(C(C)(C)C)c(C(C)(C)C)cn6)c5c4)c3)c3ccccc32)c([2H])c1[2H]. The molecule has 0 radical (unpaired) electrons. The van der Waals surface area contributed by atoms with Gasteiger partial charge in [0, 0.05) is 6.20 Å². The van der Waals surface area contributed by atoms with E-state index >= 15 is 0 Å². The second kappa shape index (κ2) is 18.0. The average Bonchev–Trinajstić information content (AvgIpc) is 1.81. The number of hydrogen-bond acceptors (Lipinski definition) is 2. The van der Waals surface area contributed by atoms with E-state index in [1.807, 2.05) is 141 Å². The van der Waals surface area contributed by atoms with E-state index in [-0.39, 0.29) is 38.8 Å². The molecule has 0 N–H and O–H groups in total.